The second-order valence-corrected chi connectivity index (χ2v) is 10.2. The van der Waals surface area contributed by atoms with E-state index in [0.29, 0.717) is 16.7 Å². The highest BCUT2D eigenvalue weighted by atomic mass is 35.5. The minimum absolute atomic E-state index is 0.281. The second-order valence-electron chi connectivity index (χ2n) is 9.38. The molecule has 3 aromatic rings. The first-order valence-electron chi connectivity index (χ1n) is 12.1. The van der Waals surface area contributed by atoms with Crippen LogP contribution in [0.1, 0.15) is 50.1 Å². The Labute approximate surface area is 225 Å². The van der Waals surface area contributed by atoms with E-state index in [1.54, 1.807) is 13.1 Å². The maximum atomic E-state index is 6.40. The summed E-state index contributed by atoms with van der Waals surface area (Å²) >= 11 is 12.4. The average Bonchev–Trinajstić information content (AvgIpc) is 2.85. The Morgan fingerprint density at radius 1 is 0.750 bits per heavy atom. The van der Waals surface area contributed by atoms with E-state index in [1.807, 2.05) is 12.1 Å². The molecule has 0 saturated carbocycles. The maximum absolute atomic E-state index is 6.40. The van der Waals surface area contributed by atoms with Gasteiger partial charge < -0.3 is 14.8 Å². The Balaban J connectivity index is 1.88. The minimum Gasteiger partial charge on any atom is -0.485 e. The zero-order chi connectivity index (χ0) is 26.7. The molecule has 0 unspecified atom stereocenters. The highest BCUT2D eigenvalue weighted by molar-refractivity contribution is 6.35. The second kappa shape index (κ2) is 11.6. The number of nitrogens with zero attached hydrogens (tertiary/aromatic N) is 1. The third kappa shape index (κ3) is 5.82. The van der Waals surface area contributed by atoms with Gasteiger partial charge in [-0.05, 0) is 118 Å². The number of anilines is 1. The number of aliphatic imine (C=N–C) groups is 1. The Morgan fingerprint density at radius 3 is 1.92 bits per heavy atom. The first-order valence-corrected chi connectivity index (χ1v) is 12.8. The number of aryl methyl sites for hydroxylation is 1. The van der Waals surface area contributed by atoms with Crippen LogP contribution in [0.3, 0.4) is 0 Å². The van der Waals surface area contributed by atoms with Crippen LogP contribution < -0.4 is 14.8 Å². The fraction of sp³-hybridized carbons (Fsp3) is 0.367. The van der Waals surface area contributed by atoms with Crippen LogP contribution in [-0.2, 0) is 6.61 Å². The van der Waals surface area contributed by atoms with Crippen LogP contribution >= 0.6 is 23.2 Å². The summed E-state index contributed by atoms with van der Waals surface area (Å²) in [6.45, 7) is 17.5. The van der Waals surface area contributed by atoms with Crippen molar-refractivity contribution < 1.29 is 9.47 Å². The van der Waals surface area contributed by atoms with Gasteiger partial charge in [-0.15, -0.1) is 0 Å². The summed E-state index contributed by atoms with van der Waals surface area (Å²) in [6, 6.07) is 7.59. The molecule has 0 aliphatic heterocycles. The summed E-state index contributed by atoms with van der Waals surface area (Å²) in [4.78, 5) is 4.47. The predicted octanol–water partition coefficient (Wildman–Crippen LogP) is 8.56. The summed E-state index contributed by atoms with van der Waals surface area (Å²) in [7, 11) is 1.77. The zero-order valence-corrected chi connectivity index (χ0v) is 24.3. The van der Waals surface area contributed by atoms with Gasteiger partial charge in [-0.1, -0.05) is 29.3 Å². The van der Waals surface area contributed by atoms with E-state index in [-0.39, 0.29) is 6.61 Å². The van der Waals surface area contributed by atoms with Gasteiger partial charge in [0.25, 0.3) is 0 Å². The molecule has 3 aromatic carbocycles. The molecular weight excluding hydrogens is 491 g/mol. The van der Waals surface area contributed by atoms with Crippen LogP contribution in [0.25, 0.3) is 0 Å². The highest BCUT2D eigenvalue weighted by Crippen LogP contribution is 2.40. The number of benzene rings is 3. The summed E-state index contributed by atoms with van der Waals surface area (Å²) in [5.41, 5.74) is 11.4. The molecule has 6 heteroatoms. The molecule has 0 amide bonds. The predicted molar refractivity (Wildman–Crippen MR) is 154 cm³/mol. The van der Waals surface area contributed by atoms with Crippen molar-refractivity contribution in [1.82, 2.24) is 0 Å². The van der Waals surface area contributed by atoms with Crippen LogP contribution in [0.15, 0.2) is 29.3 Å². The van der Waals surface area contributed by atoms with Crippen molar-refractivity contribution in [3.8, 4) is 11.5 Å². The lowest BCUT2D eigenvalue weighted by molar-refractivity contribution is 0.275. The normalized spacial score (nSPS) is 11.6. The molecule has 3 rings (SSSR count). The van der Waals surface area contributed by atoms with Crippen LogP contribution in [0, 0.1) is 55.4 Å². The van der Waals surface area contributed by atoms with Crippen molar-refractivity contribution in [2.24, 2.45) is 4.99 Å². The molecular formula is C30H36Cl2N2O2. The van der Waals surface area contributed by atoms with Gasteiger partial charge in [0, 0.05) is 28.3 Å². The third-order valence-corrected chi connectivity index (χ3v) is 7.93. The van der Waals surface area contributed by atoms with Crippen LogP contribution in [-0.4, -0.2) is 19.5 Å². The van der Waals surface area contributed by atoms with Crippen molar-refractivity contribution in [1.29, 1.82) is 0 Å². The zero-order valence-electron chi connectivity index (χ0n) is 22.7. The standard InChI is InChI=1S/C30H36Cl2N2O2/c1-16-12-27(21(6)18(3)17(16)2)34-28(33-9)15-36-30-23(8)20(5)19(4)22(7)29(30)35-14-24-10-11-25(31)13-26(24)32/h10-13H,14-15H2,1-9H3,(H,33,34). The van der Waals surface area contributed by atoms with E-state index >= 15 is 0 Å². The SMILES string of the molecule is CN=C(COc1c(C)c(C)c(C)c(C)c1OCc1ccc(Cl)cc1Cl)Nc1cc(C)c(C)c(C)c1C. The molecule has 1 N–H and O–H groups in total. The molecule has 192 valence electrons. The molecule has 0 aliphatic carbocycles. The molecule has 0 atom stereocenters. The number of ether oxygens (including phenoxy) is 2. The largest absolute Gasteiger partial charge is 0.485 e. The van der Waals surface area contributed by atoms with E-state index in [4.69, 9.17) is 32.7 Å². The summed E-state index contributed by atoms with van der Waals surface area (Å²) in [5, 5.41) is 4.65. The summed E-state index contributed by atoms with van der Waals surface area (Å²) < 4.78 is 12.7. The molecule has 0 aromatic heterocycles. The van der Waals surface area contributed by atoms with Crippen LogP contribution in [0.2, 0.25) is 10.0 Å². The lowest BCUT2D eigenvalue weighted by Gasteiger charge is -2.22. The molecule has 4 nitrogen and oxygen atoms in total. The van der Waals surface area contributed by atoms with Gasteiger partial charge in [0.05, 0.1) is 0 Å². The Kier molecular flexibility index (Phi) is 8.97. The number of nitrogens with one attached hydrogen (secondary N) is 1. The summed E-state index contributed by atoms with van der Waals surface area (Å²) in [6.07, 6.45) is 0. The lowest BCUT2D eigenvalue weighted by atomic mass is 9.97. The number of rotatable bonds is 7. The van der Waals surface area contributed by atoms with E-state index < -0.39 is 0 Å². The maximum Gasteiger partial charge on any atom is 0.165 e. The number of hydrogen-bond acceptors (Lipinski definition) is 3. The number of amidine groups is 1. The molecule has 0 aliphatic rings. The topological polar surface area (TPSA) is 42.9 Å². The molecule has 0 saturated heterocycles. The highest BCUT2D eigenvalue weighted by Gasteiger charge is 2.20. The monoisotopic (exact) mass is 526 g/mol. The number of hydrogen-bond donors (Lipinski definition) is 1. The summed E-state index contributed by atoms with van der Waals surface area (Å²) in [5.74, 6) is 2.18. The molecule has 0 spiro atoms. The minimum atomic E-state index is 0.281. The molecule has 0 bridgehead atoms. The average molecular weight is 528 g/mol. The van der Waals surface area contributed by atoms with Gasteiger partial charge in [0.15, 0.2) is 11.5 Å². The van der Waals surface area contributed by atoms with Gasteiger partial charge in [0.2, 0.25) is 0 Å². The van der Waals surface area contributed by atoms with Gasteiger partial charge in [-0.3, -0.25) is 4.99 Å². The van der Waals surface area contributed by atoms with Crippen molar-refractivity contribution in [2.45, 2.75) is 62.0 Å². The Morgan fingerprint density at radius 2 is 1.33 bits per heavy atom. The van der Waals surface area contributed by atoms with Crippen molar-refractivity contribution in [2.75, 3.05) is 19.0 Å². The van der Waals surface area contributed by atoms with Crippen LogP contribution in [0.4, 0.5) is 5.69 Å². The first kappa shape index (κ1) is 27.9. The quantitative estimate of drug-likeness (QED) is 0.247. The Hall–Kier alpha value is -2.69. The van der Waals surface area contributed by atoms with Crippen molar-refractivity contribution in [3.05, 3.63) is 84.4 Å². The smallest absolute Gasteiger partial charge is 0.165 e. The van der Waals surface area contributed by atoms with E-state index in [2.05, 4.69) is 71.8 Å². The molecule has 0 fully saturated rings. The molecule has 0 heterocycles. The molecule has 36 heavy (non-hydrogen) atoms. The fourth-order valence-electron chi connectivity index (χ4n) is 4.17. The number of halogens is 2. The van der Waals surface area contributed by atoms with E-state index in [1.165, 1.54) is 33.4 Å². The Bertz CT molecular complexity index is 1330. The first-order chi connectivity index (χ1) is 17.0. The van der Waals surface area contributed by atoms with Crippen LogP contribution in [0.5, 0.6) is 11.5 Å². The van der Waals surface area contributed by atoms with Crippen molar-refractivity contribution in [3.63, 3.8) is 0 Å². The van der Waals surface area contributed by atoms with Gasteiger partial charge in [-0.25, -0.2) is 0 Å². The van der Waals surface area contributed by atoms with Gasteiger partial charge in [-0.2, -0.15) is 0 Å². The fourth-order valence-corrected chi connectivity index (χ4v) is 4.64. The van der Waals surface area contributed by atoms with Gasteiger partial charge in [0.1, 0.15) is 19.0 Å². The van der Waals surface area contributed by atoms with E-state index in [9.17, 15) is 0 Å². The third-order valence-electron chi connectivity index (χ3n) is 7.35. The lowest BCUT2D eigenvalue weighted by Crippen LogP contribution is -2.22. The van der Waals surface area contributed by atoms with E-state index in [0.717, 1.165) is 39.7 Å². The van der Waals surface area contributed by atoms with Crippen molar-refractivity contribution >= 4 is 34.7 Å². The molecule has 0 radical (unpaired) electrons. The van der Waals surface area contributed by atoms with Gasteiger partial charge >= 0.3 is 0 Å².